The summed E-state index contributed by atoms with van der Waals surface area (Å²) in [7, 11) is 0. The van der Waals surface area contributed by atoms with E-state index in [0.717, 1.165) is 24.6 Å². The molecule has 2 amide bonds. The largest absolute Gasteiger partial charge is 0.369 e. The van der Waals surface area contributed by atoms with Gasteiger partial charge in [0.05, 0.1) is 5.92 Å². The zero-order valence-electron chi connectivity index (χ0n) is 8.75. The third-order valence-electron chi connectivity index (χ3n) is 2.72. The minimum Gasteiger partial charge on any atom is -0.369 e. The zero-order chi connectivity index (χ0) is 11.3. The third kappa shape index (κ3) is 3.81. The fourth-order valence-corrected chi connectivity index (χ4v) is 2.14. The van der Waals surface area contributed by atoms with Gasteiger partial charge in [-0.25, -0.2) is 0 Å². The average Bonchev–Trinajstić information content (AvgIpc) is 2.66. The highest BCUT2D eigenvalue weighted by atomic mass is 79.9. The van der Waals surface area contributed by atoms with Crippen molar-refractivity contribution < 1.29 is 9.59 Å². The zero-order valence-corrected chi connectivity index (χ0v) is 10.3. The second kappa shape index (κ2) is 6.10. The number of amides is 2. The van der Waals surface area contributed by atoms with Crippen LogP contribution in [0, 0.1) is 5.92 Å². The van der Waals surface area contributed by atoms with E-state index in [9.17, 15) is 9.59 Å². The quantitative estimate of drug-likeness (QED) is 0.599. The molecule has 0 radical (unpaired) electrons. The van der Waals surface area contributed by atoms with Crippen molar-refractivity contribution in [3.8, 4) is 0 Å². The Bertz CT molecular complexity index is 246. The maximum atomic E-state index is 11.6. The van der Waals surface area contributed by atoms with Crippen LogP contribution in [0.5, 0.6) is 0 Å². The van der Waals surface area contributed by atoms with Gasteiger partial charge >= 0.3 is 0 Å². The van der Waals surface area contributed by atoms with Crippen LogP contribution in [0.2, 0.25) is 0 Å². The Morgan fingerprint density at radius 3 is 2.67 bits per heavy atom. The minimum atomic E-state index is -0.286. The number of unbranched alkanes of at least 4 members (excludes halogenated alkanes) is 1. The number of rotatable bonds is 5. The second-order valence-corrected chi connectivity index (χ2v) is 4.67. The van der Waals surface area contributed by atoms with Crippen molar-refractivity contribution in [3.05, 3.63) is 0 Å². The summed E-state index contributed by atoms with van der Waals surface area (Å²) in [6.07, 6.45) is 3.22. The van der Waals surface area contributed by atoms with Gasteiger partial charge in [0.2, 0.25) is 11.8 Å². The number of hydrogen-bond donors (Lipinski definition) is 1. The average molecular weight is 277 g/mol. The molecule has 1 aliphatic heterocycles. The molecular formula is C10H17BrN2O2. The molecule has 86 valence electrons. The number of nitrogens with zero attached hydrogens (tertiary/aromatic N) is 1. The Balaban J connectivity index is 2.27. The molecule has 1 fully saturated rings. The van der Waals surface area contributed by atoms with E-state index in [1.165, 1.54) is 0 Å². The van der Waals surface area contributed by atoms with E-state index in [0.29, 0.717) is 19.5 Å². The fraction of sp³-hybridized carbons (Fsp3) is 0.800. The van der Waals surface area contributed by atoms with E-state index in [-0.39, 0.29) is 17.7 Å². The molecule has 0 aromatic carbocycles. The minimum absolute atomic E-state index is 0.134. The standard InChI is InChI=1S/C10H17BrN2O2/c11-5-2-1-3-9(14)13-6-4-8(7-13)10(12)15/h8H,1-7H2,(H2,12,15). The van der Waals surface area contributed by atoms with E-state index in [1.807, 2.05) is 0 Å². The van der Waals surface area contributed by atoms with E-state index in [1.54, 1.807) is 4.90 Å². The number of carbonyl (C=O) groups excluding carboxylic acids is 2. The highest BCUT2D eigenvalue weighted by Gasteiger charge is 2.28. The van der Waals surface area contributed by atoms with E-state index in [4.69, 9.17) is 5.73 Å². The molecule has 1 unspecified atom stereocenters. The summed E-state index contributed by atoms with van der Waals surface area (Å²) in [5, 5.41) is 0.935. The molecule has 0 aromatic heterocycles. The molecule has 0 bridgehead atoms. The fourth-order valence-electron chi connectivity index (χ4n) is 1.75. The molecule has 0 spiro atoms. The van der Waals surface area contributed by atoms with Crippen LogP contribution in [0.25, 0.3) is 0 Å². The van der Waals surface area contributed by atoms with Gasteiger partial charge in [0.1, 0.15) is 0 Å². The molecule has 1 rings (SSSR count). The molecular weight excluding hydrogens is 260 g/mol. The number of likely N-dealkylation sites (tertiary alicyclic amines) is 1. The molecule has 2 N–H and O–H groups in total. The number of nitrogens with two attached hydrogens (primary N) is 1. The van der Waals surface area contributed by atoms with Gasteiger partial charge in [-0.1, -0.05) is 15.9 Å². The van der Waals surface area contributed by atoms with Crippen LogP contribution in [0.4, 0.5) is 0 Å². The Kier molecular flexibility index (Phi) is 5.08. The maximum Gasteiger partial charge on any atom is 0.222 e. The molecule has 1 saturated heterocycles. The Labute approximate surface area is 98.3 Å². The molecule has 0 saturated carbocycles. The maximum absolute atomic E-state index is 11.6. The van der Waals surface area contributed by atoms with Crippen molar-refractivity contribution >= 4 is 27.7 Å². The molecule has 1 heterocycles. The monoisotopic (exact) mass is 276 g/mol. The van der Waals surface area contributed by atoms with E-state index in [2.05, 4.69) is 15.9 Å². The highest BCUT2D eigenvalue weighted by molar-refractivity contribution is 9.09. The van der Waals surface area contributed by atoms with Gasteiger partial charge < -0.3 is 10.6 Å². The van der Waals surface area contributed by atoms with Gasteiger partial charge in [-0.3, -0.25) is 9.59 Å². The summed E-state index contributed by atoms with van der Waals surface area (Å²) in [6.45, 7) is 1.20. The van der Waals surface area contributed by atoms with Gasteiger partial charge in [0.15, 0.2) is 0 Å². The molecule has 1 aliphatic rings. The molecule has 0 aromatic rings. The van der Waals surface area contributed by atoms with E-state index >= 15 is 0 Å². The normalized spacial score (nSPS) is 20.6. The summed E-state index contributed by atoms with van der Waals surface area (Å²) in [5.41, 5.74) is 5.20. The summed E-state index contributed by atoms with van der Waals surface area (Å²) in [6, 6.07) is 0. The van der Waals surface area contributed by atoms with Crippen LogP contribution in [-0.4, -0.2) is 35.1 Å². The van der Waals surface area contributed by atoms with Crippen molar-refractivity contribution in [3.63, 3.8) is 0 Å². The summed E-state index contributed by atoms with van der Waals surface area (Å²) < 4.78 is 0. The van der Waals surface area contributed by atoms with Crippen molar-refractivity contribution in [2.45, 2.75) is 25.7 Å². The Morgan fingerprint density at radius 1 is 1.40 bits per heavy atom. The van der Waals surface area contributed by atoms with Gasteiger partial charge in [-0.2, -0.15) is 0 Å². The van der Waals surface area contributed by atoms with Crippen LogP contribution < -0.4 is 5.73 Å². The first-order valence-corrected chi connectivity index (χ1v) is 6.40. The van der Waals surface area contributed by atoms with Gasteiger partial charge in [0, 0.05) is 24.8 Å². The van der Waals surface area contributed by atoms with Crippen LogP contribution >= 0.6 is 15.9 Å². The van der Waals surface area contributed by atoms with Crippen LogP contribution in [-0.2, 0) is 9.59 Å². The number of primary amides is 1. The van der Waals surface area contributed by atoms with Crippen LogP contribution in [0.15, 0.2) is 0 Å². The predicted octanol–water partition coefficient (Wildman–Crippen LogP) is 0.885. The third-order valence-corrected chi connectivity index (χ3v) is 3.28. The van der Waals surface area contributed by atoms with Crippen molar-refractivity contribution in [1.29, 1.82) is 0 Å². The highest BCUT2D eigenvalue weighted by Crippen LogP contribution is 2.17. The Morgan fingerprint density at radius 2 is 2.13 bits per heavy atom. The lowest BCUT2D eigenvalue weighted by Gasteiger charge is -2.15. The molecule has 4 nitrogen and oxygen atoms in total. The first-order chi connectivity index (χ1) is 7.15. The van der Waals surface area contributed by atoms with Gasteiger partial charge in [-0.05, 0) is 19.3 Å². The van der Waals surface area contributed by atoms with Crippen molar-refractivity contribution in [2.75, 3.05) is 18.4 Å². The van der Waals surface area contributed by atoms with Crippen LogP contribution in [0.1, 0.15) is 25.7 Å². The number of alkyl halides is 1. The van der Waals surface area contributed by atoms with Crippen molar-refractivity contribution in [2.24, 2.45) is 11.7 Å². The first kappa shape index (κ1) is 12.5. The van der Waals surface area contributed by atoms with E-state index < -0.39 is 0 Å². The second-order valence-electron chi connectivity index (χ2n) is 3.87. The molecule has 5 heteroatoms. The molecule has 0 aliphatic carbocycles. The Hall–Kier alpha value is -0.580. The topological polar surface area (TPSA) is 63.4 Å². The number of carbonyl (C=O) groups is 2. The summed E-state index contributed by atoms with van der Waals surface area (Å²) in [5.74, 6) is -0.268. The number of hydrogen-bond acceptors (Lipinski definition) is 2. The molecule has 1 atom stereocenters. The van der Waals surface area contributed by atoms with Crippen LogP contribution in [0.3, 0.4) is 0 Å². The first-order valence-electron chi connectivity index (χ1n) is 5.28. The number of halogens is 1. The van der Waals surface area contributed by atoms with Gasteiger partial charge in [-0.15, -0.1) is 0 Å². The molecule has 15 heavy (non-hydrogen) atoms. The van der Waals surface area contributed by atoms with Crippen molar-refractivity contribution in [1.82, 2.24) is 4.90 Å². The lowest BCUT2D eigenvalue weighted by molar-refractivity contribution is -0.130. The smallest absolute Gasteiger partial charge is 0.222 e. The summed E-state index contributed by atoms with van der Waals surface area (Å²) >= 11 is 3.33. The lowest BCUT2D eigenvalue weighted by Crippen LogP contribution is -2.31. The van der Waals surface area contributed by atoms with Gasteiger partial charge in [0.25, 0.3) is 0 Å². The predicted molar refractivity (Wildman–Crippen MR) is 61.5 cm³/mol. The lowest BCUT2D eigenvalue weighted by atomic mass is 10.1. The SMILES string of the molecule is NC(=O)C1CCN(C(=O)CCCCBr)C1. The summed E-state index contributed by atoms with van der Waals surface area (Å²) in [4.78, 5) is 24.3.